The number of para-hydroxylation sites is 1. The lowest BCUT2D eigenvalue weighted by molar-refractivity contribution is 0.0697. The average molecular weight is 467 g/mol. The van der Waals surface area contributed by atoms with Gasteiger partial charge in [0.05, 0.1) is 15.6 Å². The predicted octanol–water partition coefficient (Wildman–Crippen LogP) is 6.39. The van der Waals surface area contributed by atoms with E-state index in [1.54, 1.807) is 30.3 Å². The Balaban J connectivity index is 1.73. The lowest BCUT2D eigenvalue weighted by atomic mass is 10.1. The van der Waals surface area contributed by atoms with Crippen LogP contribution in [-0.4, -0.2) is 26.0 Å². The van der Waals surface area contributed by atoms with Crippen molar-refractivity contribution in [3.05, 3.63) is 87.9 Å². The quantitative estimate of drug-likeness (QED) is 0.339. The summed E-state index contributed by atoms with van der Waals surface area (Å²) >= 11 is 12.4. The van der Waals surface area contributed by atoms with Gasteiger partial charge in [-0.1, -0.05) is 59.1 Å². The van der Waals surface area contributed by atoms with Gasteiger partial charge in [0.2, 0.25) is 5.95 Å². The van der Waals surface area contributed by atoms with E-state index in [1.165, 1.54) is 12.1 Å². The standard InChI is InChI=1S/C23H16Cl2N4O3/c1-13-5-7-14(8-6-13)20-27-22(26-16-11-9-15(10-12-16)21(30)31)29-23(28-20)32-19-17(24)3-2-4-18(19)25/h2-12H,1H3,(H,30,31)(H,26,27,28,29). The van der Waals surface area contributed by atoms with E-state index < -0.39 is 5.97 Å². The van der Waals surface area contributed by atoms with Crippen LogP contribution in [0.15, 0.2) is 66.7 Å². The second-order valence-corrected chi connectivity index (χ2v) is 7.61. The molecule has 3 aromatic carbocycles. The van der Waals surface area contributed by atoms with Crippen molar-refractivity contribution in [1.29, 1.82) is 0 Å². The van der Waals surface area contributed by atoms with Crippen molar-refractivity contribution in [1.82, 2.24) is 15.0 Å². The summed E-state index contributed by atoms with van der Waals surface area (Å²) < 4.78 is 5.81. The molecule has 0 aliphatic carbocycles. The fraction of sp³-hybridized carbons (Fsp3) is 0.0435. The van der Waals surface area contributed by atoms with Gasteiger partial charge in [-0.3, -0.25) is 0 Å². The van der Waals surface area contributed by atoms with Crippen LogP contribution >= 0.6 is 23.2 Å². The number of carboxylic acid groups (broad SMARTS) is 1. The van der Waals surface area contributed by atoms with Crippen molar-refractivity contribution >= 4 is 40.8 Å². The molecule has 4 aromatic rings. The number of carboxylic acids is 1. The zero-order valence-corrected chi connectivity index (χ0v) is 18.2. The third-order valence-electron chi connectivity index (χ3n) is 4.42. The molecule has 0 saturated heterocycles. The van der Waals surface area contributed by atoms with Gasteiger partial charge in [-0.15, -0.1) is 0 Å². The Kier molecular flexibility index (Phi) is 6.20. The molecular weight excluding hydrogens is 451 g/mol. The first-order valence-corrected chi connectivity index (χ1v) is 10.2. The van der Waals surface area contributed by atoms with Gasteiger partial charge in [0, 0.05) is 11.3 Å². The molecule has 9 heteroatoms. The molecule has 4 rings (SSSR count). The zero-order chi connectivity index (χ0) is 22.7. The molecule has 0 aliphatic rings. The number of aromatic carboxylic acids is 1. The van der Waals surface area contributed by atoms with Crippen molar-refractivity contribution in [2.24, 2.45) is 0 Å². The second-order valence-electron chi connectivity index (χ2n) is 6.79. The number of nitrogens with zero attached hydrogens (tertiary/aromatic N) is 3. The number of carbonyl (C=O) groups is 1. The average Bonchev–Trinajstić information content (AvgIpc) is 2.77. The molecule has 7 nitrogen and oxygen atoms in total. The van der Waals surface area contributed by atoms with Crippen molar-refractivity contribution in [3.8, 4) is 23.1 Å². The maximum absolute atomic E-state index is 11.1. The van der Waals surface area contributed by atoms with Crippen LogP contribution in [0, 0.1) is 6.92 Å². The molecule has 32 heavy (non-hydrogen) atoms. The van der Waals surface area contributed by atoms with Crippen LogP contribution in [0.5, 0.6) is 11.8 Å². The highest BCUT2D eigenvalue weighted by atomic mass is 35.5. The summed E-state index contributed by atoms with van der Waals surface area (Å²) in [5, 5.41) is 12.8. The molecular formula is C23H16Cl2N4O3. The molecule has 0 unspecified atom stereocenters. The minimum atomic E-state index is -1.01. The van der Waals surface area contributed by atoms with E-state index >= 15 is 0 Å². The Bertz CT molecular complexity index is 1260. The van der Waals surface area contributed by atoms with Crippen molar-refractivity contribution in [3.63, 3.8) is 0 Å². The molecule has 0 spiro atoms. The molecule has 2 N–H and O–H groups in total. The van der Waals surface area contributed by atoms with Gasteiger partial charge in [-0.25, -0.2) is 4.79 Å². The Hall–Kier alpha value is -3.68. The van der Waals surface area contributed by atoms with Gasteiger partial charge in [-0.05, 0) is 43.3 Å². The van der Waals surface area contributed by atoms with Crippen molar-refractivity contribution < 1.29 is 14.6 Å². The number of halogens is 2. The summed E-state index contributed by atoms with van der Waals surface area (Å²) in [6, 6.07) is 18.9. The second kappa shape index (κ2) is 9.21. The smallest absolute Gasteiger partial charge is 0.335 e. The number of anilines is 2. The molecule has 1 heterocycles. The minimum Gasteiger partial charge on any atom is -0.478 e. The van der Waals surface area contributed by atoms with Crippen molar-refractivity contribution in [2.75, 3.05) is 5.32 Å². The highest BCUT2D eigenvalue weighted by Gasteiger charge is 2.15. The van der Waals surface area contributed by atoms with Crippen LogP contribution in [0.4, 0.5) is 11.6 Å². The van der Waals surface area contributed by atoms with E-state index in [4.69, 9.17) is 33.0 Å². The summed E-state index contributed by atoms with van der Waals surface area (Å²) in [7, 11) is 0. The normalized spacial score (nSPS) is 10.6. The van der Waals surface area contributed by atoms with Gasteiger partial charge < -0.3 is 15.2 Å². The van der Waals surface area contributed by atoms with E-state index in [-0.39, 0.29) is 23.3 Å². The van der Waals surface area contributed by atoms with E-state index in [0.717, 1.165) is 11.1 Å². The summed E-state index contributed by atoms with van der Waals surface area (Å²) in [6.07, 6.45) is 0. The maximum Gasteiger partial charge on any atom is 0.335 e. The van der Waals surface area contributed by atoms with Gasteiger partial charge in [0.1, 0.15) is 0 Å². The molecule has 0 bridgehead atoms. The lowest BCUT2D eigenvalue weighted by Crippen LogP contribution is -2.04. The highest BCUT2D eigenvalue weighted by molar-refractivity contribution is 6.37. The Morgan fingerprint density at radius 1 is 0.906 bits per heavy atom. The Labute approximate surface area is 193 Å². The lowest BCUT2D eigenvalue weighted by Gasteiger charge is -2.11. The van der Waals surface area contributed by atoms with Crippen LogP contribution in [0.25, 0.3) is 11.4 Å². The highest BCUT2D eigenvalue weighted by Crippen LogP contribution is 2.35. The van der Waals surface area contributed by atoms with Gasteiger partial charge >= 0.3 is 12.0 Å². The molecule has 0 amide bonds. The molecule has 0 radical (unpaired) electrons. The first-order valence-electron chi connectivity index (χ1n) is 9.44. The number of nitrogens with one attached hydrogen (secondary N) is 1. The number of aromatic nitrogens is 3. The van der Waals surface area contributed by atoms with Gasteiger partial charge in [0.25, 0.3) is 0 Å². The van der Waals surface area contributed by atoms with E-state index in [1.807, 2.05) is 31.2 Å². The van der Waals surface area contributed by atoms with Crippen LogP contribution in [0.3, 0.4) is 0 Å². The third kappa shape index (κ3) is 4.96. The first-order chi connectivity index (χ1) is 15.4. The number of benzene rings is 3. The topological polar surface area (TPSA) is 97.2 Å². The van der Waals surface area contributed by atoms with Gasteiger partial charge in [0.15, 0.2) is 11.6 Å². The summed E-state index contributed by atoms with van der Waals surface area (Å²) in [4.78, 5) is 24.3. The number of rotatable bonds is 6. The number of ether oxygens (including phenoxy) is 1. The maximum atomic E-state index is 11.1. The third-order valence-corrected chi connectivity index (χ3v) is 5.02. The summed E-state index contributed by atoms with van der Waals surface area (Å²) in [6.45, 7) is 1.99. The number of aryl methyl sites for hydroxylation is 1. The van der Waals surface area contributed by atoms with E-state index in [9.17, 15) is 4.79 Å². The predicted molar refractivity (Wildman–Crippen MR) is 123 cm³/mol. The molecule has 0 aliphatic heterocycles. The fourth-order valence-electron chi connectivity index (χ4n) is 2.79. The van der Waals surface area contributed by atoms with Crippen LogP contribution in [-0.2, 0) is 0 Å². The zero-order valence-electron chi connectivity index (χ0n) is 16.7. The molecule has 0 atom stereocenters. The van der Waals surface area contributed by atoms with Crippen LogP contribution < -0.4 is 10.1 Å². The fourth-order valence-corrected chi connectivity index (χ4v) is 3.26. The number of hydrogen-bond acceptors (Lipinski definition) is 6. The molecule has 160 valence electrons. The monoisotopic (exact) mass is 466 g/mol. The molecule has 0 saturated carbocycles. The summed E-state index contributed by atoms with van der Waals surface area (Å²) in [5.74, 6) is -0.195. The van der Waals surface area contributed by atoms with Gasteiger partial charge in [-0.2, -0.15) is 15.0 Å². The van der Waals surface area contributed by atoms with Crippen LogP contribution in [0.2, 0.25) is 10.0 Å². The Morgan fingerprint density at radius 3 is 2.19 bits per heavy atom. The molecule has 0 fully saturated rings. The number of hydrogen-bond donors (Lipinski definition) is 2. The first kappa shape index (κ1) is 21.5. The molecule has 1 aromatic heterocycles. The van der Waals surface area contributed by atoms with Crippen molar-refractivity contribution in [2.45, 2.75) is 6.92 Å². The van der Waals surface area contributed by atoms with Crippen LogP contribution in [0.1, 0.15) is 15.9 Å². The Morgan fingerprint density at radius 2 is 1.56 bits per heavy atom. The summed E-state index contributed by atoms with van der Waals surface area (Å²) in [5.41, 5.74) is 2.62. The van der Waals surface area contributed by atoms with E-state index in [0.29, 0.717) is 21.6 Å². The minimum absolute atomic E-state index is 0.00442. The SMILES string of the molecule is Cc1ccc(-c2nc(Nc3ccc(C(=O)O)cc3)nc(Oc3c(Cl)cccc3Cl)n2)cc1. The van der Waals surface area contributed by atoms with E-state index in [2.05, 4.69) is 20.3 Å². The largest absolute Gasteiger partial charge is 0.478 e.